The second-order valence-corrected chi connectivity index (χ2v) is 5.71. The molecule has 1 atom stereocenters. The Hall–Kier alpha value is -2.70. The molecule has 3 rings (SSSR count). The molecule has 130 valence electrons. The number of ether oxygens (including phenoxy) is 2. The Bertz CT molecular complexity index is 798. The van der Waals surface area contributed by atoms with Crippen LogP contribution in [0, 0.1) is 0 Å². The van der Waals surface area contributed by atoms with Gasteiger partial charge in [-0.3, -0.25) is 9.59 Å². The molecule has 0 saturated carbocycles. The molecular weight excluding hydrogens is 324 g/mol. The van der Waals surface area contributed by atoms with Crippen LogP contribution in [-0.4, -0.2) is 34.7 Å². The van der Waals surface area contributed by atoms with Crippen molar-refractivity contribution in [2.75, 3.05) is 6.61 Å². The monoisotopic (exact) mass is 342 g/mol. The standard InChI is InChI=1S/C19H18O6/c20-10-13-3-1-2-4-14(13)16(22)7-6-15(21)12-5-8-17-18(9-12)25-19(23)11-24-17/h1-5,8-9,19-20,23H,6-7,10-11H2/t19-/m0/s1. The fourth-order valence-electron chi connectivity index (χ4n) is 2.67. The molecule has 6 heteroatoms. The van der Waals surface area contributed by atoms with E-state index in [1.165, 1.54) is 6.07 Å². The van der Waals surface area contributed by atoms with E-state index < -0.39 is 6.29 Å². The van der Waals surface area contributed by atoms with E-state index in [1.807, 2.05) is 0 Å². The maximum Gasteiger partial charge on any atom is 0.232 e. The zero-order valence-electron chi connectivity index (χ0n) is 13.5. The average molecular weight is 342 g/mol. The second-order valence-electron chi connectivity index (χ2n) is 5.71. The smallest absolute Gasteiger partial charge is 0.232 e. The van der Waals surface area contributed by atoms with Crippen molar-refractivity contribution < 1.29 is 29.3 Å². The van der Waals surface area contributed by atoms with Crippen LogP contribution in [0.4, 0.5) is 0 Å². The van der Waals surface area contributed by atoms with E-state index in [-0.39, 0.29) is 37.6 Å². The molecular formula is C19H18O6. The van der Waals surface area contributed by atoms with Gasteiger partial charge >= 0.3 is 0 Å². The first kappa shape index (κ1) is 17.1. The minimum absolute atomic E-state index is 0.0407. The highest BCUT2D eigenvalue weighted by molar-refractivity contribution is 6.03. The summed E-state index contributed by atoms with van der Waals surface area (Å²) in [7, 11) is 0. The predicted octanol–water partition coefficient (Wildman–Crippen LogP) is 2.11. The van der Waals surface area contributed by atoms with Crippen LogP contribution in [0.3, 0.4) is 0 Å². The topological polar surface area (TPSA) is 93.1 Å². The van der Waals surface area contributed by atoms with Crippen molar-refractivity contribution in [3.05, 3.63) is 59.2 Å². The van der Waals surface area contributed by atoms with Crippen LogP contribution in [0.15, 0.2) is 42.5 Å². The third kappa shape index (κ3) is 3.87. The summed E-state index contributed by atoms with van der Waals surface area (Å²) in [5.41, 5.74) is 1.37. The third-order valence-corrected chi connectivity index (χ3v) is 3.98. The molecule has 0 fully saturated rings. The van der Waals surface area contributed by atoms with Gasteiger partial charge in [0.25, 0.3) is 0 Å². The fraction of sp³-hybridized carbons (Fsp3) is 0.263. The third-order valence-electron chi connectivity index (χ3n) is 3.98. The molecule has 6 nitrogen and oxygen atoms in total. The number of Topliss-reactive ketones (excluding diaryl/α,β-unsaturated/α-hetero) is 2. The molecule has 1 heterocycles. The minimum atomic E-state index is -1.06. The van der Waals surface area contributed by atoms with E-state index in [2.05, 4.69) is 0 Å². The Morgan fingerprint density at radius 3 is 2.60 bits per heavy atom. The van der Waals surface area contributed by atoms with Crippen molar-refractivity contribution in [2.24, 2.45) is 0 Å². The van der Waals surface area contributed by atoms with Gasteiger partial charge < -0.3 is 19.7 Å². The first-order chi connectivity index (χ1) is 12.1. The number of carbonyl (C=O) groups is 2. The lowest BCUT2D eigenvalue weighted by atomic mass is 9.98. The molecule has 0 amide bonds. The van der Waals surface area contributed by atoms with Crippen molar-refractivity contribution in [3.63, 3.8) is 0 Å². The minimum Gasteiger partial charge on any atom is -0.483 e. The van der Waals surface area contributed by atoms with Crippen LogP contribution in [0.5, 0.6) is 11.5 Å². The average Bonchev–Trinajstić information content (AvgIpc) is 2.65. The number of aliphatic hydroxyl groups is 2. The van der Waals surface area contributed by atoms with Gasteiger partial charge in [-0.2, -0.15) is 0 Å². The van der Waals surface area contributed by atoms with Gasteiger partial charge in [0, 0.05) is 24.0 Å². The molecule has 0 bridgehead atoms. The molecule has 0 aromatic heterocycles. The van der Waals surface area contributed by atoms with Gasteiger partial charge in [-0.1, -0.05) is 24.3 Å². The molecule has 0 spiro atoms. The van der Waals surface area contributed by atoms with Gasteiger partial charge in [-0.05, 0) is 23.8 Å². The molecule has 1 aliphatic rings. The van der Waals surface area contributed by atoms with Gasteiger partial charge in [-0.25, -0.2) is 0 Å². The molecule has 25 heavy (non-hydrogen) atoms. The summed E-state index contributed by atoms with van der Waals surface area (Å²) in [6, 6.07) is 11.5. The first-order valence-electron chi connectivity index (χ1n) is 7.95. The van der Waals surface area contributed by atoms with Crippen LogP contribution < -0.4 is 9.47 Å². The fourth-order valence-corrected chi connectivity index (χ4v) is 2.67. The summed E-state index contributed by atoms with van der Waals surface area (Å²) < 4.78 is 10.5. The van der Waals surface area contributed by atoms with Crippen molar-refractivity contribution >= 4 is 11.6 Å². The van der Waals surface area contributed by atoms with Crippen LogP contribution in [0.1, 0.15) is 39.1 Å². The number of aliphatic hydroxyl groups excluding tert-OH is 2. The maximum absolute atomic E-state index is 12.3. The molecule has 2 aromatic rings. The number of benzene rings is 2. The summed E-state index contributed by atoms with van der Waals surface area (Å²) in [6.07, 6.45) is -0.970. The zero-order valence-corrected chi connectivity index (χ0v) is 13.5. The summed E-state index contributed by atoms with van der Waals surface area (Å²) in [4.78, 5) is 24.6. The summed E-state index contributed by atoms with van der Waals surface area (Å²) in [6.45, 7) is -0.181. The van der Waals surface area contributed by atoms with Crippen molar-refractivity contribution in [1.29, 1.82) is 0 Å². The Kier molecular flexibility index (Phi) is 5.11. The number of hydrogen-bond donors (Lipinski definition) is 2. The van der Waals surface area contributed by atoms with Crippen LogP contribution >= 0.6 is 0 Å². The van der Waals surface area contributed by atoms with Crippen LogP contribution in [0.2, 0.25) is 0 Å². The van der Waals surface area contributed by atoms with Crippen molar-refractivity contribution in [1.82, 2.24) is 0 Å². The highest BCUT2D eigenvalue weighted by Crippen LogP contribution is 2.32. The number of ketones is 2. The summed E-state index contributed by atoms with van der Waals surface area (Å²) in [5.74, 6) is 0.378. The summed E-state index contributed by atoms with van der Waals surface area (Å²) >= 11 is 0. The maximum atomic E-state index is 12.3. The summed E-state index contributed by atoms with van der Waals surface area (Å²) in [5, 5.41) is 18.7. The molecule has 2 aromatic carbocycles. The molecule has 1 aliphatic heterocycles. The van der Waals surface area contributed by atoms with Crippen LogP contribution in [-0.2, 0) is 6.61 Å². The van der Waals surface area contributed by atoms with Crippen molar-refractivity contribution in [3.8, 4) is 11.5 Å². The molecule has 0 saturated heterocycles. The second kappa shape index (κ2) is 7.46. The lowest BCUT2D eigenvalue weighted by Crippen LogP contribution is -2.28. The number of fused-ring (bicyclic) bond motifs is 1. The van der Waals surface area contributed by atoms with E-state index >= 15 is 0 Å². The van der Waals surface area contributed by atoms with Crippen molar-refractivity contribution in [2.45, 2.75) is 25.7 Å². The quantitative estimate of drug-likeness (QED) is 0.781. The lowest BCUT2D eigenvalue weighted by molar-refractivity contribution is -0.0670. The highest BCUT2D eigenvalue weighted by atomic mass is 16.7. The number of carbonyl (C=O) groups excluding carboxylic acids is 2. The Morgan fingerprint density at radius 2 is 1.80 bits per heavy atom. The van der Waals surface area contributed by atoms with Crippen LogP contribution in [0.25, 0.3) is 0 Å². The largest absolute Gasteiger partial charge is 0.483 e. The number of hydrogen-bond acceptors (Lipinski definition) is 6. The van der Waals surface area contributed by atoms with E-state index in [0.29, 0.717) is 28.2 Å². The number of rotatable bonds is 6. The van der Waals surface area contributed by atoms with Gasteiger partial charge in [0.1, 0.15) is 0 Å². The predicted molar refractivity (Wildman–Crippen MR) is 88.8 cm³/mol. The Labute approximate surface area is 144 Å². The first-order valence-corrected chi connectivity index (χ1v) is 7.95. The highest BCUT2D eigenvalue weighted by Gasteiger charge is 2.21. The van der Waals surface area contributed by atoms with E-state index in [4.69, 9.17) is 9.47 Å². The molecule has 0 aliphatic carbocycles. The molecule has 0 radical (unpaired) electrons. The molecule has 0 unspecified atom stereocenters. The zero-order chi connectivity index (χ0) is 17.8. The SMILES string of the molecule is O=C(CCC(=O)c1ccccc1CO)c1ccc2c(c1)O[C@H](O)CO2. The molecule has 2 N–H and O–H groups in total. The Morgan fingerprint density at radius 1 is 1.04 bits per heavy atom. The Balaban J connectivity index is 1.67. The van der Waals surface area contributed by atoms with Gasteiger partial charge in [0.05, 0.1) is 6.61 Å². The van der Waals surface area contributed by atoms with Gasteiger partial charge in [-0.15, -0.1) is 0 Å². The normalized spacial score (nSPS) is 15.7. The van der Waals surface area contributed by atoms with E-state index in [9.17, 15) is 19.8 Å². The lowest BCUT2D eigenvalue weighted by Gasteiger charge is -2.23. The van der Waals surface area contributed by atoms with Gasteiger partial charge in [0.15, 0.2) is 29.7 Å². The van der Waals surface area contributed by atoms with E-state index in [1.54, 1.807) is 36.4 Å². The van der Waals surface area contributed by atoms with Gasteiger partial charge in [0.2, 0.25) is 6.29 Å². The van der Waals surface area contributed by atoms with E-state index in [0.717, 1.165) is 0 Å².